The monoisotopic (exact) mass is 455 g/mol. The summed E-state index contributed by atoms with van der Waals surface area (Å²) in [5.41, 5.74) is 0.546. The lowest BCUT2D eigenvalue weighted by molar-refractivity contribution is 0.203. The molecule has 1 unspecified atom stereocenters. The van der Waals surface area contributed by atoms with Gasteiger partial charge in [0.15, 0.2) is 5.96 Å². The average Bonchev–Trinajstić information content (AvgIpc) is 2.86. The van der Waals surface area contributed by atoms with E-state index in [0.29, 0.717) is 11.2 Å². The Hall–Kier alpha value is 0.150. The van der Waals surface area contributed by atoms with Crippen LogP contribution in [0.5, 0.6) is 0 Å². The van der Waals surface area contributed by atoms with Crippen LogP contribution in [-0.4, -0.2) is 52.3 Å². The fraction of sp³-hybridized carbons (Fsp3) is 0.941. The SMILES string of the molecule is CN=C(NCCS(=O)C(C)(C)C)N1CCC2(CCCCC2)C1.I. The quantitative estimate of drug-likeness (QED) is 0.403. The fourth-order valence-electron chi connectivity index (χ4n) is 3.72. The van der Waals surface area contributed by atoms with Crippen molar-refractivity contribution in [2.75, 3.05) is 32.4 Å². The lowest BCUT2D eigenvalue weighted by atomic mass is 9.73. The third-order valence-electron chi connectivity index (χ3n) is 5.12. The van der Waals surface area contributed by atoms with Crippen molar-refractivity contribution in [3.8, 4) is 0 Å². The van der Waals surface area contributed by atoms with E-state index in [1.807, 2.05) is 27.8 Å². The first kappa shape index (κ1) is 21.2. The molecular weight excluding hydrogens is 421 g/mol. The van der Waals surface area contributed by atoms with Gasteiger partial charge in [-0.1, -0.05) is 19.3 Å². The Labute approximate surface area is 161 Å². The maximum atomic E-state index is 12.1. The zero-order chi connectivity index (χ0) is 16.2. The van der Waals surface area contributed by atoms with Gasteiger partial charge in [-0.25, -0.2) is 0 Å². The van der Waals surface area contributed by atoms with Gasteiger partial charge in [-0.15, -0.1) is 24.0 Å². The molecule has 2 rings (SSSR count). The summed E-state index contributed by atoms with van der Waals surface area (Å²) in [6, 6.07) is 0. The van der Waals surface area contributed by atoms with E-state index in [4.69, 9.17) is 0 Å². The van der Waals surface area contributed by atoms with Crippen molar-refractivity contribution in [2.24, 2.45) is 10.4 Å². The molecule has 1 N–H and O–H groups in total. The summed E-state index contributed by atoms with van der Waals surface area (Å²) >= 11 is 0. The summed E-state index contributed by atoms with van der Waals surface area (Å²) in [4.78, 5) is 6.85. The van der Waals surface area contributed by atoms with Gasteiger partial charge in [-0.05, 0) is 45.4 Å². The highest BCUT2D eigenvalue weighted by molar-refractivity contribution is 14.0. The fourth-order valence-corrected chi connectivity index (χ4v) is 4.62. The Bertz CT molecular complexity index is 428. The topological polar surface area (TPSA) is 44.7 Å². The van der Waals surface area contributed by atoms with E-state index in [2.05, 4.69) is 15.2 Å². The van der Waals surface area contributed by atoms with Crippen molar-refractivity contribution in [1.29, 1.82) is 0 Å². The molecule has 1 heterocycles. The number of guanidine groups is 1. The lowest BCUT2D eigenvalue weighted by Gasteiger charge is -2.33. The van der Waals surface area contributed by atoms with Crippen LogP contribution in [0.4, 0.5) is 0 Å². The van der Waals surface area contributed by atoms with E-state index < -0.39 is 10.8 Å². The van der Waals surface area contributed by atoms with E-state index >= 15 is 0 Å². The van der Waals surface area contributed by atoms with E-state index in [0.717, 1.165) is 25.6 Å². The van der Waals surface area contributed by atoms with Crippen molar-refractivity contribution in [3.05, 3.63) is 0 Å². The summed E-state index contributed by atoms with van der Waals surface area (Å²) in [7, 11) is 1.05. The van der Waals surface area contributed by atoms with Gasteiger partial charge in [0, 0.05) is 48.0 Å². The highest BCUT2D eigenvalue weighted by atomic mass is 127. The number of nitrogens with zero attached hydrogens (tertiary/aromatic N) is 2. The summed E-state index contributed by atoms with van der Waals surface area (Å²) in [5.74, 6) is 1.68. The van der Waals surface area contributed by atoms with Gasteiger partial charge in [0.1, 0.15) is 0 Å². The third-order valence-corrected chi connectivity index (χ3v) is 7.06. The van der Waals surface area contributed by atoms with Gasteiger partial charge < -0.3 is 10.2 Å². The van der Waals surface area contributed by atoms with E-state index in [-0.39, 0.29) is 28.7 Å². The van der Waals surface area contributed by atoms with Crippen molar-refractivity contribution >= 4 is 40.7 Å². The number of nitrogens with one attached hydrogen (secondary N) is 1. The zero-order valence-electron chi connectivity index (χ0n) is 15.2. The second-order valence-electron chi connectivity index (χ2n) is 7.87. The Balaban J connectivity index is 0.00000264. The first-order valence-electron chi connectivity index (χ1n) is 8.70. The summed E-state index contributed by atoms with van der Waals surface area (Å²) in [6.45, 7) is 9.10. The lowest BCUT2D eigenvalue weighted by Crippen LogP contribution is -2.43. The summed E-state index contributed by atoms with van der Waals surface area (Å²) in [6.07, 6.45) is 8.27. The van der Waals surface area contributed by atoms with Crippen LogP contribution in [0.3, 0.4) is 0 Å². The van der Waals surface area contributed by atoms with Crippen LogP contribution in [0.25, 0.3) is 0 Å². The number of rotatable bonds is 3. The molecule has 2 aliphatic rings. The van der Waals surface area contributed by atoms with Crippen LogP contribution in [-0.2, 0) is 10.8 Å². The van der Waals surface area contributed by atoms with E-state index in [1.165, 1.54) is 38.5 Å². The molecule has 23 heavy (non-hydrogen) atoms. The van der Waals surface area contributed by atoms with Gasteiger partial charge in [0.25, 0.3) is 0 Å². The molecule has 0 aromatic heterocycles. The van der Waals surface area contributed by atoms with Crippen LogP contribution in [0.15, 0.2) is 4.99 Å². The maximum absolute atomic E-state index is 12.1. The molecule has 0 radical (unpaired) electrons. The molecule has 1 aliphatic carbocycles. The minimum Gasteiger partial charge on any atom is -0.355 e. The summed E-state index contributed by atoms with van der Waals surface area (Å²) < 4.78 is 12.0. The van der Waals surface area contributed by atoms with E-state index in [9.17, 15) is 4.21 Å². The Morgan fingerprint density at radius 2 is 1.87 bits per heavy atom. The second-order valence-corrected chi connectivity index (χ2v) is 10.2. The molecule has 0 amide bonds. The Kier molecular flexibility index (Phi) is 8.31. The molecule has 1 saturated heterocycles. The van der Waals surface area contributed by atoms with Crippen molar-refractivity contribution in [2.45, 2.75) is 64.0 Å². The molecule has 1 saturated carbocycles. The maximum Gasteiger partial charge on any atom is 0.193 e. The van der Waals surface area contributed by atoms with E-state index in [1.54, 1.807) is 0 Å². The molecule has 1 spiro atoms. The molecule has 6 heteroatoms. The Morgan fingerprint density at radius 3 is 2.43 bits per heavy atom. The van der Waals surface area contributed by atoms with Gasteiger partial charge in [0.05, 0.1) is 0 Å². The molecule has 1 atom stereocenters. The third kappa shape index (κ3) is 5.87. The first-order chi connectivity index (χ1) is 10.4. The zero-order valence-corrected chi connectivity index (χ0v) is 18.3. The van der Waals surface area contributed by atoms with Crippen molar-refractivity contribution in [1.82, 2.24) is 10.2 Å². The van der Waals surface area contributed by atoms with Crippen LogP contribution < -0.4 is 5.32 Å². The highest BCUT2D eigenvalue weighted by Crippen LogP contribution is 2.43. The Morgan fingerprint density at radius 1 is 1.22 bits per heavy atom. The van der Waals surface area contributed by atoms with Crippen molar-refractivity contribution in [3.63, 3.8) is 0 Å². The predicted octanol–water partition coefficient (Wildman–Crippen LogP) is 3.38. The molecule has 1 aliphatic heterocycles. The van der Waals surface area contributed by atoms with Crippen LogP contribution >= 0.6 is 24.0 Å². The molecule has 0 aromatic rings. The number of hydrogen-bond acceptors (Lipinski definition) is 2. The standard InChI is InChI=1S/C17H33N3OS.HI/c1-16(2,3)22(21)13-11-19-15(18-4)20-12-10-17(14-20)8-6-5-7-9-17;/h5-14H2,1-4H3,(H,18,19);1H. The predicted molar refractivity (Wildman–Crippen MR) is 111 cm³/mol. The number of aliphatic imine (C=N–C) groups is 1. The molecular formula is C17H34IN3OS. The highest BCUT2D eigenvalue weighted by Gasteiger charge is 2.39. The normalized spacial score (nSPS) is 22.8. The molecule has 136 valence electrons. The number of hydrogen-bond donors (Lipinski definition) is 1. The van der Waals surface area contributed by atoms with Gasteiger partial charge >= 0.3 is 0 Å². The summed E-state index contributed by atoms with van der Waals surface area (Å²) in [5, 5.41) is 3.42. The number of likely N-dealkylation sites (tertiary alicyclic amines) is 1. The number of halogens is 1. The molecule has 2 fully saturated rings. The molecule has 0 bridgehead atoms. The van der Waals surface area contributed by atoms with Crippen LogP contribution in [0, 0.1) is 5.41 Å². The smallest absolute Gasteiger partial charge is 0.193 e. The van der Waals surface area contributed by atoms with Crippen molar-refractivity contribution < 1.29 is 4.21 Å². The van der Waals surface area contributed by atoms with Gasteiger partial charge in [-0.3, -0.25) is 9.20 Å². The first-order valence-corrected chi connectivity index (χ1v) is 10.0. The van der Waals surface area contributed by atoms with Crippen LogP contribution in [0.2, 0.25) is 0 Å². The molecule has 0 aromatic carbocycles. The molecule has 4 nitrogen and oxygen atoms in total. The second kappa shape index (κ2) is 9.02. The minimum atomic E-state index is -0.804. The minimum absolute atomic E-state index is 0. The van der Waals surface area contributed by atoms with Gasteiger partial charge in [-0.2, -0.15) is 0 Å². The van der Waals surface area contributed by atoms with Crippen LogP contribution in [0.1, 0.15) is 59.3 Å². The van der Waals surface area contributed by atoms with Gasteiger partial charge in [0.2, 0.25) is 0 Å². The average molecular weight is 455 g/mol. The largest absolute Gasteiger partial charge is 0.355 e.